The van der Waals surface area contributed by atoms with Gasteiger partial charge in [-0.15, -0.1) is 0 Å². The van der Waals surface area contributed by atoms with Crippen molar-refractivity contribution in [3.8, 4) is 0 Å². The molecule has 1 unspecified atom stereocenters. The molecule has 2 rings (SSSR count). The summed E-state index contributed by atoms with van der Waals surface area (Å²) in [6.45, 7) is 4.23. The fourth-order valence-corrected chi connectivity index (χ4v) is 3.10. The second kappa shape index (κ2) is 7.40. The van der Waals surface area contributed by atoms with Gasteiger partial charge in [0, 0.05) is 8.04 Å². The largest absolute Gasteiger partial charge is 0.345 e. The van der Waals surface area contributed by atoms with E-state index in [1.165, 1.54) is 0 Å². The zero-order chi connectivity index (χ0) is 15.4. The van der Waals surface area contributed by atoms with E-state index in [0.717, 1.165) is 13.6 Å². The first-order valence-electron chi connectivity index (χ1n) is 6.80. The number of hydrogen-bond donors (Lipinski definition) is 1. The second-order valence-corrected chi connectivity index (χ2v) is 7.33. The van der Waals surface area contributed by atoms with Crippen LogP contribution in [0, 0.1) is 9.49 Å². The Labute approximate surface area is 147 Å². The molecule has 1 N–H and O–H groups in total. The molecule has 0 saturated carbocycles. The molecule has 0 aliphatic rings. The van der Waals surface area contributed by atoms with Crippen molar-refractivity contribution in [3.63, 3.8) is 0 Å². The van der Waals surface area contributed by atoms with E-state index >= 15 is 0 Å². The van der Waals surface area contributed by atoms with Crippen molar-refractivity contribution in [1.82, 2.24) is 5.32 Å². The van der Waals surface area contributed by atoms with Crippen molar-refractivity contribution in [2.24, 2.45) is 5.92 Å². The van der Waals surface area contributed by atoms with Gasteiger partial charge in [-0.1, -0.05) is 44.2 Å². The molecule has 1 atom stereocenters. The van der Waals surface area contributed by atoms with Gasteiger partial charge in [0.1, 0.15) is 0 Å². The van der Waals surface area contributed by atoms with Crippen LogP contribution in [0.4, 0.5) is 0 Å². The summed E-state index contributed by atoms with van der Waals surface area (Å²) in [6, 6.07) is 15.9. The number of halogens is 2. The van der Waals surface area contributed by atoms with Gasteiger partial charge in [0.15, 0.2) is 0 Å². The number of rotatable bonds is 4. The van der Waals surface area contributed by atoms with Crippen molar-refractivity contribution in [3.05, 3.63) is 67.7 Å². The highest BCUT2D eigenvalue weighted by Crippen LogP contribution is 2.24. The van der Waals surface area contributed by atoms with Crippen LogP contribution < -0.4 is 5.32 Å². The number of nitrogens with one attached hydrogen (secondary N) is 1. The van der Waals surface area contributed by atoms with E-state index < -0.39 is 0 Å². The Kier molecular flexibility index (Phi) is 5.81. The summed E-state index contributed by atoms with van der Waals surface area (Å²) in [5.74, 6) is 0.265. The Hall–Kier alpha value is -0.880. The third kappa shape index (κ3) is 4.30. The first kappa shape index (κ1) is 16.5. The Balaban J connectivity index is 2.25. The van der Waals surface area contributed by atoms with Crippen LogP contribution in [0.25, 0.3) is 0 Å². The predicted molar refractivity (Wildman–Crippen MR) is 98.3 cm³/mol. The fraction of sp³-hybridized carbons (Fsp3) is 0.235. The SMILES string of the molecule is CC(C)C(NC(=O)c1cc(I)ccc1Br)c1ccccc1. The lowest BCUT2D eigenvalue weighted by atomic mass is 9.95. The van der Waals surface area contributed by atoms with Gasteiger partial charge in [0.2, 0.25) is 0 Å². The highest BCUT2D eigenvalue weighted by atomic mass is 127. The molecule has 4 heteroatoms. The average Bonchev–Trinajstić information content (AvgIpc) is 2.47. The predicted octanol–water partition coefficient (Wildman–Crippen LogP) is 5.18. The van der Waals surface area contributed by atoms with Crippen molar-refractivity contribution < 1.29 is 4.79 Å². The van der Waals surface area contributed by atoms with E-state index in [1.54, 1.807) is 0 Å². The van der Waals surface area contributed by atoms with Gasteiger partial charge >= 0.3 is 0 Å². The fourth-order valence-electron chi connectivity index (χ4n) is 2.19. The maximum absolute atomic E-state index is 12.6. The van der Waals surface area contributed by atoms with Crippen LogP contribution in [0.2, 0.25) is 0 Å². The number of carbonyl (C=O) groups is 1. The van der Waals surface area contributed by atoms with Gasteiger partial charge in [-0.2, -0.15) is 0 Å². The monoisotopic (exact) mass is 457 g/mol. The normalized spacial score (nSPS) is 12.2. The summed E-state index contributed by atoms with van der Waals surface area (Å²) in [7, 11) is 0. The minimum Gasteiger partial charge on any atom is -0.345 e. The topological polar surface area (TPSA) is 29.1 Å². The van der Waals surface area contributed by atoms with E-state index in [4.69, 9.17) is 0 Å². The summed E-state index contributed by atoms with van der Waals surface area (Å²) in [5.41, 5.74) is 1.80. The van der Waals surface area contributed by atoms with Crippen LogP contribution in [0.3, 0.4) is 0 Å². The van der Waals surface area contributed by atoms with Gasteiger partial charge in [-0.25, -0.2) is 0 Å². The summed E-state index contributed by atoms with van der Waals surface area (Å²) in [4.78, 5) is 12.6. The lowest BCUT2D eigenvalue weighted by Crippen LogP contribution is -2.32. The molecule has 2 aromatic carbocycles. The third-order valence-corrected chi connectivity index (χ3v) is 4.65. The highest BCUT2D eigenvalue weighted by molar-refractivity contribution is 14.1. The number of benzene rings is 2. The molecule has 0 bridgehead atoms. The average molecular weight is 458 g/mol. The zero-order valence-corrected chi connectivity index (χ0v) is 15.7. The molecule has 2 nitrogen and oxygen atoms in total. The standard InChI is InChI=1S/C17H17BrINO/c1-11(2)16(12-6-4-3-5-7-12)20-17(21)14-10-13(19)8-9-15(14)18/h3-11,16H,1-2H3,(H,20,21). The second-order valence-electron chi connectivity index (χ2n) is 5.23. The van der Waals surface area contributed by atoms with Crippen molar-refractivity contribution in [1.29, 1.82) is 0 Å². The summed E-state index contributed by atoms with van der Waals surface area (Å²) >= 11 is 5.66. The molecular formula is C17H17BrINO. The highest BCUT2D eigenvalue weighted by Gasteiger charge is 2.20. The molecule has 21 heavy (non-hydrogen) atoms. The molecule has 110 valence electrons. The lowest BCUT2D eigenvalue weighted by molar-refractivity contribution is 0.0924. The van der Waals surface area contributed by atoms with Crippen LogP contribution in [-0.2, 0) is 0 Å². The number of amides is 1. The maximum atomic E-state index is 12.6. The minimum atomic E-state index is -0.0528. The molecule has 0 aliphatic heterocycles. The van der Waals surface area contributed by atoms with Crippen molar-refractivity contribution in [2.75, 3.05) is 0 Å². The molecule has 1 amide bonds. The molecular weight excluding hydrogens is 441 g/mol. The van der Waals surface area contributed by atoms with Crippen LogP contribution in [0.5, 0.6) is 0 Å². The summed E-state index contributed by atoms with van der Waals surface area (Å²) < 4.78 is 1.86. The lowest BCUT2D eigenvalue weighted by Gasteiger charge is -2.23. The van der Waals surface area contributed by atoms with Gasteiger partial charge in [-0.05, 0) is 68.2 Å². The van der Waals surface area contributed by atoms with Crippen LogP contribution in [0.15, 0.2) is 53.0 Å². The quantitative estimate of drug-likeness (QED) is 0.629. The molecule has 2 aromatic rings. The Bertz CT molecular complexity index is 628. The van der Waals surface area contributed by atoms with Crippen LogP contribution in [0.1, 0.15) is 35.8 Å². The molecule has 0 fully saturated rings. The summed E-state index contributed by atoms with van der Waals surface area (Å²) in [5, 5.41) is 3.14. The van der Waals surface area contributed by atoms with Gasteiger partial charge in [0.25, 0.3) is 5.91 Å². The molecule has 0 aromatic heterocycles. The van der Waals surface area contributed by atoms with Crippen LogP contribution >= 0.6 is 38.5 Å². The van der Waals surface area contributed by atoms with Gasteiger partial charge in [-0.3, -0.25) is 4.79 Å². The smallest absolute Gasteiger partial charge is 0.252 e. The first-order chi connectivity index (χ1) is 9.99. The van der Waals surface area contributed by atoms with E-state index in [9.17, 15) is 4.79 Å². The summed E-state index contributed by atoms with van der Waals surface area (Å²) in [6.07, 6.45) is 0. The molecule has 0 heterocycles. The van der Waals surface area contributed by atoms with Gasteiger partial charge < -0.3 is 5.32 Å². The van der Waals surface area contributed by atoms with Crippen LogP contribution in [-0.4, -0.2) is 5.91 Å². The molecule has 0 saturated heterocycles. The van der Waals surface area contributed by atoms with E-state index in [2.05, 4.69) is 69.8 Å². The molecule has 0 aliphatic carbocycles. The Morgan fingerprint density at radius 3 is 2.43 bits per heavy atom. The van der Waals surface area contributed by atoms with E-state index in [1.807, 2.05) is 36.4 Å². The Morgan fingerprint density at radius 1 is 1.14 bits per heavy atom. The first-order valence-corrected chi connectivity index (χ1v) is 8.67. The Morgan fingerprint density at radius 2 is 1.81 bits per heavy atom. The third-order valence-electron chi connectivity index (χ3n) is 3.28. The maximum Gasteiger partial charge on any atom is 0.252 e. The van der Waals surface area contributed by atoms with E-state index in [0.29, 0.717) is 11.5 Å². The minimum absolute atomic E-state index is 0.00321. The van der Waals surface area contributed by atoms with Crippen molar-refractivity contribution >= 4 is 44.4 Å². The van der Waals surface area contributed by atoms with Crippen molar-refractivity contribution in [2.45, 2.75) is 19.9 Å². The number of hydrogen-bond acceptors (Lipinski definition) is 1. The molecule has 0 spiro atoms. The zero-order valence-electron chi connectivity index (χ0n) is 11.9. The molecule has 0 radical (unpaired) electrons. The van der Waals surface area contributed by atoms with Gasteiger partial charge in [0.05, 0.1) is 11.6 Å². The van der Waals surface area contributed by atoms with E-state index in [-0.39, 0.29) is 11.9 Å². The number of carbonyl (C=O) groups excluding carboxylic acids is 1.